The highest BCUT2D eigenvalue weighted by atomic mass is 79.9. The summed E-state index contributed by atoms with van der Waals surface area (Å²) in [5, 5.41) is 5.61. The standard InChI is InChI=1S/C27H20BrN3O6/c1-15(32)36-25-19(28)11-16(12-23(25)35-3)14-29-31-26(30-20-8-5-4-7-17(20)27(31)33)24-13-18-21(34-2)9-6-10-22(18)37-24/h4-14H,1-3H3. The average molecular weight is 562 g/mol. The third kappa shape index (κ3) is 4.58. The maximum Gasteiger partial charge on any atom is 0.308 e. The van der Waals surface area contributed by atoms with Crippen molar-refractivity contribution in [1.82, 2.24) is 9.66 Å². The molecule has 0 amide bonds. The Labute approximate surface area is 219 Å². The van der Waals surface area contributed by atoms with E-state index in [0.717, 1.165) is 5.39 Å². The van der Waals surface area contributed by atoms with Crippen molar-refractivity contribution in [2.45, 2.75) is 6.92 Å². The van der Waals surface area contributed by atoms with E-state index in [4.69, 9.17) is 23.6 Å². The van der Waals surface area contributed by atoms with Gasteiger partial charge in [0.1, 0.15) is 11.3 Å². The molecule has 0 N–H and O–H groups in total. The lowest BCUT2D eigenvalue weighted by Crippen LogP contribution is -2.20. The number of hydrogen-bond donors (Lipinski definition) is 0. The van der Waals surface area contributed by atoms with Crippen molar-refractivity contribution in [3.63, 3.8) is 0 Å². The lowest BCUT2D eigenvalue weighted by molar-refractivity contribution is -0.132. The minimum atomic E-state index is -0.485. The fourth-order valence-corrected chi connectivity index (χ4v) is 4.43. The van der Waals surface area contributed by atoms with Crippen LogP contribution in [0.5, 0.6) is 17.2 Å². The number of furan rings is 1. The number of para-hydroxylation sites is 1. The molecule has 0 unspecified atom stereocenters. The van der Waals surface area contributed by atoms with Gasteiger partial charge in [0, 0.05) is 6.92 Å². The topological polar surface area (TPSA) is 105 Å². The number of rotatable bonds is 6. The van der Waals surface area contributed by atoms with Crippen LogP contribution in [0.15, 0.2) is 79.4 Å². The number of ether oxygens (including phenoxy) is 3. The Kier molecular flexibility index (Phi) is 6.49. The molecule has 0 saturated heterocycles. The first kappa shape index (κ1) is 24.3. The summed E-state index contributed by atoms with van der Waals surface area (Å²) in [5.41, 5.74) is 1.31. The van der Waals surface area contributed by atoms with Crippen molar-refractivity contribution >= 4 is 50.0 Å². The monoisotopic (exact) mass is 561 g/mol. The van der Waals surface area contributed by atoms with E-state index in [9.17, 15) is 9.59 Å². The van der Waals surface area contributed by atoms with Crippen LogP contribution in [-0.2, 0) is 4.79 Å². The Hall–Kier alpha value is -4.44. The van der Waals surface area contributed by atoms with Gasteiger partial charge in [-0.05, 0) is 64.0 Å². The number of fused-ring (bicyclic) bond motifs is 2. The number of halogens is 1. The molecule has 5 rings (SSSR count). The van der Waals surface area contributed by atoms with E-state index in [0.29, 0.717) is 43.8 Å². The van der Waals surface area contributed by atoms with Crippen LogP contribution in [-0.4, -0.2) is 36.1 Å². The van der Waals surface area contributed by atoms with Gasteiger partial charge in [-0.1, -0.05) is 18.2 Å². The van der Waals surface area contributed by atoms with E-state index in [-0.39, 0.29) is 17.1 Å². The maximum absolute atomic E-state index is 13.5. The van der Waals surface area contributed by atoms with Gasteiger partial charge in [-0.15, -0.1) is 0 Å². The molecule has 2 heterocycles. The zero-order chi connectivity index (χ0) is 26.1. The second-order valence-electron chi connectivity index (χ2n) is 7.92. The van der Waals surface area contributed by atoms with Crippen molar-refractivity contribution in [2.24, 2.45) is 5.10 Å². The molecule has 10 heteroatoms. The first-order valence-corrected chi connectivity index (χ1v) is 11.9. The van der Waals surface area contributed by atoms with Crippen LogP contribution in [0.25, 0.3) is 33.5 Å². The SMILES string of the molecule is COc1cc(C=Nn2c(-c3cc4c(OC)cccc4o3)nc3ccccc3c2=O)cc(Br)c1OC(C)=O. The fourth-order valence-electron chi connectivity index (χ4n) is 3.89. The fraction of sp³-hybridized carbons (Fsp3) is 0.111. The summed E-state index contributed by atoms with van der Waals surface area (Å²) in [7, 11) is 3.04. The largest absolute Gasteiger partial charge is 0.496 e. The number of esters is 1. The highest BCUT2D eigenvalue weighted by Gasteiger charge is 2.18. The molecule has 0 bridgehead atoms. The summed E-state index contributed by atoms with van der Waals surface area (Å²) in [6, 6.07) is 17.6. The van der Waals surface area contributed by atoms with Gasteiger partial charge in [-0.3, -0.25) is 9.59 Å². The third-order valence-corrected chi connectivity index (χ3v) is 6.12. The van der Waals surface area contributed by atoms with Gasteiger partial charge in [0.05, 0.1) is 41.2 Å². The van der Waals surface area contributed by atoms with Crippen molar-refractivity contribution in [1.29, 1.82) is 0 Å². The molecule has 2 aromatic heterocycles. The molecule has 0 fully saturated rings. The van der Waals surface area contributed by atoms with Crippen LogP contribution >= 0.6 is 15.9 Å². The van der Waals surface area contributed by atoms with Crippen molar-refractivity contribution < 1.29 is 23.4 Å². The minimum absolute atomic E-state index is 0.223. The van der Waals surface area contributed by atoms with Crippen LogP contribution in [0.3, 0.4) is 0 Å². The molecular formula is C27H20BrN3O6. The number of benzene rings is 3. The van der Waals surface area contributed by atoms with Gasteiger partial charge in [0.2, 0.25) is 5.82 Å². The van der Waals surface area contributed by atoms with E-state index in [1.54, 1.807) is 43.5 Å². The molecule has 0 aliphatic rings. The highest BCUT2D eigenvalue weighted by molar-refractivity contribution is 9.10. The highest BCUT2D eigenvalue weighted by Crippen LogP contribution is 2.37. The first-order chi connectivity index (χ1) is 17.9. The van der Waals surface area contributed by atoms with Gasteiger partial charge in [0.25, 0.3) is 5.56 Å². The number of carbonyl (C=O) groups is 1. The number of methoxy groups -OCH3 is 2. The predicted octanol–water partition coefficient (Wildman–Crippen LogP) is 5.40. The molecule has 0 atom stereocenters. The second kappa shape index (κ2) is 9.90. The molecule has 3 aromatic carbocycles. The Morgan fingerprint density at radius 2 is 1.81 bits per heavy atom. The molecule has 186 valence electrons. The van der Waals surface area contributed by atoms with Gasteiger partial charge in [0.15, 0.2) is 17.3 Å². The van der Waals surface area contributed by atoms with Gasteiger partial charge < -0.3 is 18.6 Å². The average Bonchev–Trinajstić information content (AvgIpc) is 3.33. The van der Waals surface area contributed by atoms with E-state index in [2.05, 4.69) is 21.0 Å². The van der Waals surface area contributed by atoms with Crippen LogP contribution in [0.4, 0.5) is 0 Å². The van der Waals surface area contributed by atoms with E-state index in [1.165, 1.54) is 24.9 Å². The number of aromatic nitrogens is 2. The Morgan fingerprint density at radius 1 is 1.03 bits per heavy atom. The summed E-state index contributed by atoms with van der Waals surface area (Å²) in [6.45, 7) is 1.30. The summed E-state index contributed by atoms with van der Waals surface area (Å²) in [4.78, 5) is 29.7. The van der Waals surface area contributed by atoms with E-state index in [1.807, 2.05) is 24.3 Å². The summed E-state index contributed by atoms with van der Waals surface area (Å²) in [5.74, 6) is 1.29. The van der Waals surface area contributed by atoms with Crippen LogP contribution in [0, 0.1) is 0 Å². The molecule has 5 aromatic rings. The van der Waals surface area contributed by atoms with Crippen LogP contribution < -0.4 is 19.8 Å². The van der Waals surface area contributed by atoms with Crippen molar-refractivity contribution in [2.75, 3.05) is 14.2 Å². The second-order valence-corrected chi connectivity index (χ2v) is 8.78. The Balaban J connectivity index is 1.68. The number of carbonyl (C=O) groups excluding carboxylic acids is 1. The molecule has 9 nitrogen and oxygen atoms in total. The van der Waals surface area contributed by atoms with Gasteiger partial charge in [-0.25, -0.2) is 4.98 Å². The molecular weight excluding hydrogens is 542 g/mol. The van der Waals surface area contributed by atoms with Crippen LogP contribution in [0.2, 0.25) is 0 Å². The minimum Gasteiger partial charge on any atom is -0.496 e. The first-order valence-electron chi connectivity index (χ1n) is 11.1. The normalized spacial score (nSPS) is 11.4. The van der Waals surface area contributed by atoms with Gasteiger partial charge in [-0.2, -0.15) is 9.78 Å². The van der Waals surface area contributed by atoms with Crippen LogP contribution in [0.1, 0.15) is 12.5 Å². The summed E-state index contributed by atoms with van der Waals surface area (Å²) >= 11 is 3.40. The lowest BCUT2D eigenvalue weighted by atomic mass is 10.2. The summed E-state index contributed by atoms with van der Waals surface area (Å²) in [6.07, 6.45) is 1.48. The Bertz CT molecular complexity index is 1760. The smallest absolute Gasteiger partial charge is 0.308 e. The van der Waals surface area contributed by atoms with E-state index < -0.39 is 5.97 Å². The zero-order valence-electron chi connectivity index (χ0n) is 20.0. The lowest BCUT2D eigenvalue weighted by Gasteiger charge is -2.11. The molecule has 0 saturated carbocycles. The van der Waals surface area contributed by atoms with Crippen molar-refractivity contribution in [3.05, 3.63) is 81.1 Å². The molecule has 37 heavy (non-hydrogen) atoms. The van der Waals surface area contributed by atoms with Gasteiger partial charge >= 0.3 is 5.97 Å². The number of hydrogen-bond acceptors (Lipinski definition) is 8. The Morgan fingerprint density at radius 3 is 2.57 bits per heavy atom. The molecule has 0 aliphatic carbocycles. The maximum atomic E-state index is 13.5. The molecule has 0 aliphatic heterocycles. The third-order valence-electron chi connectivity index (χ3n) is 5.54. The quantitative estimate of drug-likeness (QED) is 0.155. The van der Waals surface area contributed by atoms with E-state index >= 15 is 0 Å². The summed E-state index contributed by atoms with van der Waals surface area (Å²) < 4.78 is 23.8. The number of nitrogens with zero attached hydrogens (tertiary/aromatic N) is 3. The predicted molar refractivity (Wildman–Crippen MR) is 143 cm³/mol. The molecule has 0 radical (unpaired) electrons. The van der Waals surface area contributed by atoms with Crippen molar-refractivity contribution in [3.8, 4) is 28.8 Å². The zero-order valence-corrected chi connectivity index (χ0v) is 21.6. The molecule has 0 spiro atoms.